The van der Waals surface area contributed by atoms with Gasteiger partial charge in [0, 0.05) is 0 Å². The van der Waals surface area contributed by atoms with Gasteiger partial charge in [-0.05, 0) is 21.5 Å². The van der Waals surface area contributed by atoms with Crippen LogP contribution in [0.4, 0.5) is 0 Å². The molecule has 0 spiro atoms. The molecule has 0 bridgehead atoms. The van der Waals surface area contributed by atoms with Crippen molar-refractivity contribution in [1.29, 1.82) is 0 Å². The van der Waals surface area contributed by atoms with Crippen LogP contribution in [-0.4, -0.2) is 39.5 Å². The van der Waals surface area contributed by atoms with Crippen LogP contribution in [-0.2, 0) is 0 Å². The fourth-order valence-corrected chi connectivity index (χ4v) is 1.36. The zero-order chi connectivity index (χ0) is 14.2. The van der Waals surface area contributed by atoms with E-state index in [0.717, 1.165) is 0 Å². The molecule has 0 radical (unpaired) electrons. The molecule has 0 aliphatic carbocycles. The van der Waals surface area contributed by atoms with Gasteiger partial charge in [0.2, 0.25) is 0 Å². The standard InChI is InChI=1S/2C4H4S.6CH3.2Sn.2H/c2*1-2-4-5-3-1;;;;;;;;;;/h2*1-4H;6*1H3;;;;. The van der Waals surface area contributed by atoms with Crippen molar-refractivity contribution in [2.24, 2.45) is 0 Å². The Labute approximate surface area is 136 Å². The van der Waals surface area contributed by atoms with Gasteiger partial charge in [-0.3, -0.25) is 0 Å². The molecule has 0 fully saturated rings. The summed E-state index contributed by atoms with van der Waals surface area (Å²) in [5.41, 5.74) is 0. The number of thiophene rings is 2. The molecule has 2 heterocycles. The van der Waals surface area contributed by atoms with Crippen LogP contribution in [0.2, 0.25) is 29.6 Å². The molecule has 18 heavy (non-hydrogen) atoms. The minimum absolute atomic E-state index is 0.637. The monoisotopic (exact) mass is 500 g/mol. The van der Waals surface area contributed by atoms with Crippen LogP contribution in [0.1, 0.15) is 0 Å². The van der Waals surface area contributed by atoms with Crippen molar-refractivity contribution in [2.45, 2.75) is 29.6 Å². The summed E-state index contributed by atoms with van der Waals surface area (Å²) in [6.07, 6.45) is 0. The molecular formula is C14H28S2Sn2. The minimum atomic E-state index is -0.637. The molecule has 0 amide bonds. The molecule has 0 aliphatic heterocycles. The van der Waals surface area contributed by atoms with E-state index in [1.807, 2.05) is 45.8 Å². The molecule has 0 nitrogen and oxygen atoms in total. The topological polar surface area (TPSA) is 0 Å². The van der Waals surface area contributed by atoms with Gasteiger partial charge in [0.15, 0.2) is 0 Å². The van der Waals surface area contributed by atoms with Gasteiger partial charge in [0.1, 0.15) is 0 Å². The van der Waals surface area contributed by atoms with Crippen LogP contribution in [0.3, 0.4) is 0 Å². The Bertz CT molecular complexity index is 217. The molecule has 0 saturated heterocycles. The smallest absolute Gasteiger partial charge is 0.00934 e. The first-order chi connectivity index (χ1) is 8.46. The summed E-state index contributed by atoms with van der Waals surface area (Å²) in [6, 6.07) is 8.07. The first-order valence-corrected chi connectivity index (χ1v) is 28.1. The quantitative estimate of drug-likeness (QED) is 0.409. The summed E-state index contributed by atoms with van der Waals surface area (Å²) in [5, 5.41) is 8.17. The van der Waals surface area contributed by atoms with Crippen molar-refractivity contribution in [3.8, 4) is 0 Å². The van der Waals surface area contributed by atoms with E-state index in [1.54, 1.807) is 22.7 Å². The summed E-state index contributed by atoms with van der Waals surface area (Å²) in [7, 11) is 0. The summed E-state index contributed by atoms with van der Waals surface area (Å²) >= 11 is 2.15. The summed E-state index contributed by atoms with van der Waals surface area (Å²) in [4.78, 5) is 14.3. The third-order valence-corrected chi connectivity index (χ3v) is 2.11. The number of hydrogen-bond donors (Lipinski definition) is 0. The van der Waals surface area contributed by atoms with E-state index in [-0.39, 0.29) is 0 Å². The Balaban J connectivity index is 0. The van der Waals surface area contributed by atoms with E-state index in [2.05, 4.69) is 29.6 Å². The van der Waals surface area contributed by atoms with Crippen LogP contribution in [0.15, 0.2) is 45.8 Å². The van der Waals surface area contributed by atoms with Crippen LogP contribution < -0.4 is 0 Å². The van der Waals surface area contributed by atoms with Gasteiger partial charge in [0.25, 0.3) is 0 Å². The maximum atomic E-state index is 2.38. The van der Waals surface area contributed by atoms with E-state index in [1.165, 1.54) is 0 Å². The first-order valence-electron chi connectivity index (χ1n) is 6.41. The van der Waals surface area contributed by atoms with Crippen molar-refractivity contribution in [3.05, 3.63) is 45.8 Å². The van der Waals surface area contributed by atoms with Crippen LogP contribution in [0, 0.1) is 0 Å². The average Bonchev–Trinajstić information content (AvgIpc) is 2.96. The van der Waals surface area contributed by atoms with E-state index in [4.69, 9.17) is 0 Å². The van der Waals surface area contributed by atoms with Gasteiger partial charge in [-0.25, -0.2) is 0 Å². The van der Waals surface area contributed by atoms with Crippen molar-refractivity contribution < 1.29 is 0 Å². The van der Waals surface area contributed by atoms with Gasteiger partial charge >= 0.3 is 69.2 Å². The molecule has 0 N–H and O–H groups in total. The van der Waals surface area contributed by atoms with Crippen LogP contribution >= 0.6 is 22.7 Å². The minimum Gasteiger partial charge on any atom is -0.152 e. The van der Waals surface area contributed by atoms with Crippen molar-refractivity contribution >= 4 is 62.2 Å². The average molecular weight is 498 g/mol. The van der Waals surface area contributed by atoms with E-state index in [9.17, 15) is 0 Å². The zero-order valence-corrected chi connectivity index (χ0v) is 20.8. The third-order valence-electron chi connectivity index (χ3n) is 0.851. The van der Waals surface area contributed by atoms with Crippen molar-refractivity contribution in [3.63, 3.8) is 0 Å². The molecule has 2 rings (SSSR count). The molecule has 104 valence electrons. The fourth-order valence-electron chi connectivity index (χ4n) is 0.454. The molecule has 0 saturated carbocycles. The zero-order valence-electron chi connectivity index (χ0n) is 12.6. The predicted octanol–water partition coefficient (Wildman–Crippen LogP) is 5.70. The van der Waals surface area contributed by atoms with Crippen molar-refractivity contribution in [1.82, 2.24) is 0 Å². The van der Waals surface area contributed by atoms with Gasteiger partial charge in [0.05, 0.1) is 0 Å². The van der Waals surface area contributed by atoms with Gasteiger partial charge in [-0.2, -0.15) is 22.7 Å². The third kappa shape index (κ3) is 36.0. The second-order valence-corrected chi connectivity index (χ2v) is 26.5. The van der Waals surface area contributed by atoms with Gasteiger partial charge in [-0.1, -0.05) is 24.3 Å². The van der Waals surface area contributed by atoms with Crippen LogP contribution in [0.5, 0.6) is 0 Å². The second-order valence-electron chi connectivity index (χ2n) is 5.05. The predicted molar refractivity (Wildman–Crippen MR) is 98.1 cm³/mol. The Morgan fingerprint density at radius 1 is 0.500 bits per heavy atom. The Kier molecular flexibility index (Phi) is 21.3. The molecule has 0 aliphatic rings. The summed E-state index contributed by atoms with van der Waals surface area (Å²) in [6.45, 7) is 0. The second kappa shape index (κ2) is 18.0. The summed E-state index contributed by atoms with van der Waals surface area (Å²) < 4.78 is 0. The largest absolute Gasteiger partial charge is 0.152 e. The van der Waals surface area contributed by atoms with E-state index < -0.39 is 39.5 Å². The Morgan fingerprint density at radius 2 is 0.667 bits per heavy atom. The molecule has 2 aromatic heterocycles. The number of rotatable bonds is 0. The summed E-state index contributed by atoms with van der Waals surface area (Å²) in [5.74, 6) is 0. The maximum absolute atomic E-state index is 2.38. The maximum Gasteiger partial charge on any atom is -0.00934 e. The van der Waals surface area contributed by atoms with Crippen LogP contribution in [0.25, 0.3) is 0 Å². The van der Waals surface area contributed by atoms with E-state index in [0.29, 0.717) is 0 Å². The van der Waals surface area contributed by atoms with Crippen molar-refractivity contribution in [2.75, 3.05) is 0 Å². The van der Waals surface area contributed by atoms with Gasteiger partial charge in [-0.15, -0.1) is 0 Å². The molecule has 0 atom stereocenters. The molecule has 2 aromatic rings. The normalized spacial score (nSPS) is 8.44. The molecule has 4 heteroatoms. The number of hydrogen-bond acceptors (Lipinski definition) is 2. The molecule has 0 unspecified atom stereocenters. The van der Waals surface area contributed by atoms with Gasteiger partial charge < -0.3 is 0 Å². The van der Waals surface area contributed by atoms with E-state index >= 15 is 0 Å². The molecular weight excluding hydrogens is 470 g/mol. The Morgan fingerprint density at radius 3 is 0.722 bits per heavy atom. The molecule has 0 aromatic carbocycles. The SMILES string of the molecule is [CH3][SnH]([CH3])[CH3].[CH3][SnH]([CH3])[CH3].c1ccsc1.c1ccsc1. The fraction of sp³-hybridized carbons (Fsp3) is 0.429. The first kappa shape index (κ1) is 21.3. The Hall–Kier alpha value is 0.997.